The highest BCUT2D eigenvalue weighted by molar-refractivity contribution is 7.13. The van der Waals surface area contributed by atoms with Gasteiger partial charge in [-0.15, -0.1) is 11.3 Å². The number of fused-ring (bicyclic) bond motifs is 2. The molecule has 15 nitrogen and oxygen atoms in total. The highest BCUT2D eigenvalue weighted by Gasteiger charge is 2.44. The zero-order valence-electron chi connectivity index (χ0n) is 43.6. The average Bonchev–Trinajstić information content (AvgIpc) is 4.04. The minimum Gasteiger partial charge on any atom is -0.391 e. The highest BCUT2D eigenvalue weighted by atomic mass is 32.1. The second kappa shape index (κ2) is 24.9. The third kappa shape index (κ3) is 13.9. The van der Waals surface area contributed by atoms with Crippen LogP contribution in [0.2, 0.25) is 0 Å². The van der Waals surface area contributed by atoms with E-state index < -0.39 is 23.6 Å². The van der Waals surface area contributed by atoms with Crippen LogP contribution in [0.15, 0.2) is 96.6 Å². The lowest BCUT2D eigenvalue weighted by Gasteiger charge is -2.35. The number of aromatic nitrogens is 2. The number of anilines is 1. The summed E-state index contributed by atoms with van der Waals surface area (Å²) in [7, 11) is 0. The van der Waals surface area contributed by atoms with E-state index in [-0.39, 0.29) is 55.5 Å². The number of hydrogen-bond donors (Lipinski definition) is 4. The number of amides is 5. The Kier molecular flexibility index (Phi) is 17.9. The molecule has 392 valence electrons. The van der Waals surface area contributed by atoms with Crippen LogP contribution in [0.1, 0.15) is 111 Å². The second-order valence-electron chi connectivity index (χ2n) is 21.0. The van der Waals surface area contributed by atoms with E-state index in [1.807, 2.05) is 104 Å². The lowest BCUT2D eigenvalue weighted by molar-refractivity contribution is -0.144. The van der Waals surface area contributed by atoms with E-state index in [9.17, 15) is 34.3 Å². The first-order valence-electron chi connectivity index (χ1n) is 26.3. The molecule has 75 heavy (non-hydrogen) atoms. The van der Waals surface area contributed by atoms with Gasteiger partial charge >= 0.3 is 0 Å². The SMILES string of the molecule is Cc1ncsc1-c1ccc(CNC(=O)[C@@H]2C[C@@H](O)CN2C(=O)[C@@H](NC(=O)CCCCCCCCC(=O)N2CCN(C(=O)c3ccc4cc(CCNc5ccnc6ccc(C#N)cc56)ccc4c3)CC2)C(C)(C)C)cc1. The first-order valence-corrected chi connectivity index (χ1v) is 27.2. The van der Waals surface area contributed by atoms with Crippen molar-refractivity contribution >= 4 is 68.2 Å². The van der Waals surface area contributed by atoms with Gasteiger partial charge in [-0.05, 0) is 95.5 Å². The molecule has 2 saturated heterocycles. The monoisotopic (exact) mass is 1030 g/mol. The summed E-state index contributed by atoms with van der Waals surface area (Å²) in [6, 6.07) is 27.9. The molecule has 0 bridgehead atoms. The van der Waals surface area contributed by atoms with E-state index in [1.165, 1.54) is 10.5 Å². The number of unbranched alkanes of at least 4 members (excludes halogenated alkanes) is 5. The maximum atomic E-state index is 14.0. The Bertz CT molecular complexity index is 3050. The fourth-order valence-corrected chi connectivity index (χ4v) is 10.9. The van der Waals surface area contributed by atoms with Crippen molar-refractivity contribution in [1.82, 2.24) is 35.3 Å². The number of aryl methyl sites for hydroxylation is 1. The fourth-order valence-electron chi connectivity index (χ4n) is 10.1. The third-order valence-corrected chi connectivity index (χ3v) is 15.4. The van der Waals surface area contributed by atoms with E-state index >= 15 is 0 Å². The van der Waals surface area contributed by atoms with Gasteiger partial charge in [0, 0.05) is 87.9 Å². The van der Waals surface area contributed by atoms with Crippen LogP contribution in [0.25, 0.3) is 32.1 Å². The molecule has 2 aromatic heterocycles. The van der Waals surface area contributed by atoms with Crippen molar-refractivity contribution in [3.05, 3.63) is 125 Å². The molecule has 4 heterocycles. The number of β-amino-alcohol motifs (C(OH)–C–C–N with tert-alkyl or cyclic N) is 1. The van der Waals surface area contributed by atoms with Crippen molar-refractivity contribution in [3.8, 4) is 16.5 Å². The van der Waals surface area contributed by atoms with Crippen LogP contribution in [0.4, 0.5) is 5.69 Å². The Balaban J connectivity index is 0.697. The quantitative estimate of drug-likeness (QED) is 0.0537. The molecule has 4 N–H and O–H groups in total. The van der Waals surface area contributed by atoms with Crippen LogP contribution in [-0.4, -0.2) is 117 Å². The molecule has 0 unspecified atom stereocenters. The third-order valence-electron chi connectivity index (χ3n) is 14.4. The van der Waals surface area contributed by atoms with E-state index in [0.29, 0.717) is 56.7 Å². The number of hydrogen-bond acceptors (Lipinski definition) is 11. The fraction of sp³-hybridized carbons (Fsp3) is 0.424. The van der Waals surface area contributed by atoms with Gasteiger partial charge in [-0.25, -0.2) is 4.98 Å². The van der Waals surface area contributed by atoms with Crippen LogP contribution in [0.3, 0.4) is 0 Å². The first-order chi connectivity index (χ1) is 36.1. The normalized spacial score (nSPS) is 16.2. The Labute approximate surface area is 443 Å². The van der Waals surface area contributed by atoms with Crippen LogP contribution in [0.5, 0.6) is 0 Å². The van der Waals surface area contributed by atoms with Crippen LogP contribution in [-0.2, 0) is 32.1 Å². The van der Waals surface area contributed by atoms with Gasteiger partial charge in [0.25, 0.3) is 5.91 Å². The number of nitriles is 1. The smallest absolute Gasteiger partial charge is 0.253 e. The van der Waals surface area contributed by atoms with Gasteiger partial charge in [0.1, 0.15) is 12.1 Å². The van der Waals surface area contributed by atoms with Crippen LogP contribution in [0, 0.1) is 23.7 Å². The Morgan fingerprint density at radius 3 is 2.23 bits per heavy atom. The molecule has 5 amide bonds. The topological polar surface area (TPSA) is 201 Å². The number of piperazine rings is 1. The summed E-state index contributed by atoms with van der Waals surface area (Å²) < 4.78 is 0. The maximum Gasteiger partial charge on any atom is 0.253 e. The molecule has 2 aliphatic rings. The zero-order chi connectivity index (χ0) is 53.1. The largest absolute Gasteiger partial charge is 0.391 e. The van der Waals surface area contributed by atoms with Gasteiger partial charge in [0.2, 0.25) is 23.6 Å². The highest BCUT2D eigenvalue weighted by Crippen LogP contribution is 2.30. The van der Waals surface area contributed by atoms with Gasteiger partial charge < -0.3 is 35.8 Å². The molecule has 2 fully saturated rings. The number of nitrogens with zero attached hydrogens (tertiary/aromatic N) is 6. The average molecular weight is 1030 g/mol. The number of carbonyl (C=O) groups excluding carboxylic acids is 5. The Hall–Kier alpha value is -7.22. The summed E-state index contributed by atoms with van der Waals surface area (Å²) in [5, 5.41) is 32.3. The minimum absolute atomic E-state index is 0.0164. The molecule has 4 aromatic carbocycles. The first kappa shape index (κ1) is 54.1. The Morgan fingerprint density at radius 2 is 1.51 bits per heavy atom. The summed E-state index contributed by atoms with van der Waals surface area (Å²) >= 11 is 1.58. The maximum absolute atomic E-state index is 14.0. The predicted molar refractivity (Wildman–Crippen MR) is 294 cm³/mol. The van der Waals surface area contributed by atoms with Crippen molar-refractivity contribution in [2.24, 2.45) is 5.41 Å². The summed E-state index contributed by atoms with van der Waals surface area (Å²) in [5.74, 6) is -0.872. The summed E-state index contributed by atoms with van der Waals surface area (Å²) in [4.78, 5) is 82.4. The van der Waals surface area contributed by atoms with Gasteiger partial charge in [0.05, 0.1) is 39.3 Å². The molecular formula is C59H69N9O6S. The number of nitrogens with one attached hydrogen (secondary N) is 3. The molecule has 8 rings (SSSR count). The van der Waals surface area contributed by atoms with Crippen molar-refractivity contribution in [1.29, 1.82) is 5.26 Å². The molecule has 0 aliphatic carbocycles. The molecule has 16 heteroatoms. The minimum atomic E-state index is -0.877. The van der Waals surface area contributed by atoms with Gasteiger partial charge in [-0.3, -0.25) is 29.0 Å². The summed E-state index contributed by atoms with van der Waals surface area (Å²) in [5.41, 5.74) is 8.29. The van der Waals surface area contributed by atoms with Gasteiger partial charge in [-0.2, -0.15) is 5.26 Å². The number of carbonyl (C=O) groups is 5. The van der Waals surface area contributed by atoms with E-state index in [1.54, 1.807) is 23.6 Å². The van der Waals surface area contributed by atoms with Crippen LogP contribution < -0.4 is 16.0 Å². The molecular weight excluding hydrogens is 963 g/mol. The second-order valence-corrected chi connectivity index (χ2v) is 21.9. The number of likely N-dealkylation sites (tertiary alicyclic amines) is 1. The van der Waals surface area contributed by atoms with Crippen LogP contribution >= 0.6 is 11.3 Å². The van der Waals surface area contributed by atoms with Crippen molar-refractivity contribution < 1.29 is 29.1 Å². The van der Waals surface area contributed by atoms with Crippen molar-refractivity contribution in [3.63, 3.8) is 0 Å². The number of thiazole rings is 1. The van der Waals surface area contributed by atoms with Crippen molar-refractivity contribution in [2.75, 3.05) is 44.6 Å². The molecule has 0 radical (unpaired) electrons. The molecule has 0 spiro atoms. The van der Waals surface area contributed by atoms with Crippen molar-refractivity contribution in [2.45, 2.75) is 117 Å². The van der Waals surface area contributed by atoms with E-state index in [2.05, 4.69) is 50.2 Å². The molecule has 3 atom stereocenters. The number of aliphatic hydroxyl groups is 1. The zero-order valence-corrected chi connectivity index (χ0v) is 44.4. The number of pyridine rings is 1. The Morgan fingerprint density at radius 1 is 0.813 bits per heavy atom. The lowest BCUT2D eigenvalue weighted by Crippen LogP contribution is -2.57. The lowest BCUT2D eigenvalue weighted by atomic mass is 9.85. The van der Waals surface area contributed by atoms with Gasteiger partial charge in [-0.1, -0.05) is 95.0 Å². The summed E-state index contributed by atoms with van der Waals surface area (Å²) in [6.45, 7) is 10.6. The van der Waals surface area contributed by atoms with E-state index in [0.717, 1.165) is 87.6 Å². The molecule has 6 aromatic rings. The number of aliphatic hydroxyl groups excluding tert-OH is 1. The standard InChI is InChI=1S/C59H69N9O6S/c1-39-54(75-38-64-39)43-17-14-41(15-18-43)36-63-56(72)51-34-47(69)37-68(51)58(74)55(59(2,3)4)65-52(70)11-9-7-5-6-8-10-12-53(71)66-27-29-67(30-28-66)57(73)46-21-20-44-31-40(13-19-45(44)33-46)23-25-61-50-24-26-62-49-22-16-42(35-60)32-48(49)50/h13-22,24,26,31-33,38,47,51,55,69H,5-12,23,25,27-30,34,36-37H2,1-4H3,(H,61,62)(H,63,72)(H,65,70)/t47-,51+,55-/m1/s1. The van der Waals surface area contributed by atoms with Gasteiger partial charge in [0.15, 0.2) is 0 Å². The number of benzene rings is 4. The van der Waals surface area contributed by atoms with E-state index in [4.69, 9.17) is 0 Å². The molecule has 2 aliphatic heterocycles. The number of rotatable bonds is 20. The predicted octanol–water partition coefficient (Wildman–Crippen LogP) is 8.56. The summed E-state index contributed by atoms with van der Waals surface area (Å²) in [6.07, 6.45) is 7.61. The molecule has 0 saturated carbocycles.